The van der Waals surface area contributed by atoms with Crippen LogP contribution in [-0.2, 0) is 13.5 Å². The zero-order chi connectivity index (χ0) is 14.7. The van der Waals surface area contributed by atoms with Gasteiger partial charge in [0.15, 0.2) is 0 Å². The Hall–Kier alpha value is -2.48. The van der Waals surface area contributed by atoms with Gasteiger partial charge >= 0.3 is 0 Å². The molecule has 0 spiro atoms. The van der Waals surface area contributed by atoms with Gasteiger partial charge in [-0.1, -0.05) is 42.5 Å². The van der Waals surface area contributed by atoms with Crippen LogP contribution < -0.4 is 4.74 Å². The van der Waals surface area contributed by atoms with E-state index in [0.29, 0.717) is 0 Å². The van der Waals surface area contributed by atoms with E-state index in [-0.39, 0.29) is 0 Å². The summed E-state index contributed by atoms with van der Waals surface area (Å²) in [6.07, 6.45) is 3.03. The highest BCUT2D eigenvalue weighted by molar-refractivity contribution is 5.65. The van der Waals surface area contributed by atoms with Gasteiger partial charge in [0.1, 0.15) is 5.75 Å². The van der Waals surface area contributed by atoms with Crippen molar-refractivity contribution in [2.75, 3.05) is 7.11 Å². The van der Waals surface area contributed by atoms with E-state index in [1.807, 2.05) is 18.2 Å². The quantitative estimate of drug-likeness (QED) is 0.694. The summed E-state index contributed by atoms with van der Waals surface area (Å²) in [6, 6.07) is 21.0. The second-order valence-corrected chi connectivity index (χ2v) is 5.19. The first-order valence-corrected chi connectivity index (χ1v) is 7.10. The SMILES string of the molecule is COc1cccc(Cc2ccn(C)c2-c2ccccc2)c1. The van der Waals surface area contributed by atoms with Crippen LogP contribution in [0.4, 0.5) is 0 Å². The molecule has 21 heavy (non-hydrogen) atoms. The number of benzene rings is 2. The van der Waals surface area contributed by atoms with Crippen LogP contribution in [0.2, 0.25) is 0 Å². The highest BCUT2D eigenvalue weighted by Gasteiger charge is 2.10. The molecule has 2 aromatic carbocycles. The van der Waals surface area contributed by atoms with Crippen molar-refractivity contribution in [1.82, 2.24) is 4.57 Å². The molecule has 3 rings (SSSR count). The second kappa shape index (κ2) is 5.88. The molecule has 3 aromatic rings. The summed E-state index contributed by atoms with van der Waals surface area (Å²) in [5.74, 6) is 0.907. The van der Waals surface area contributed by atoms with E-state index in [1.54, 1.807) is 7.11 Å². The van der Waals surface area contributed by atoms with Gasteiger partial charge in [0.25, 0.3) is 0 Å². The fourth-order valence-electron chi connectivity index (χ4n) is 2.71. The second-order valence-electron chi connectivity index (χ2n) is 5.19. The smallest absolute Gasteiger partial charge is 0.119 e. The summed E-state index contributed by atoms with van der Waals surface area (Å²) in [4.78, 5) is 0. The van der Waals surface area contributed by atoms with E-state index in [0.717, 1.165) is 12.2 Å². The first kappa shape index (κ1) is 13.5. The Balaban J connectivity index is 1.97. The molecule has 0 saturated carbocycles. The Labute approximate surface area is 125 Å². The Kier molecular flexibility index (Phi) is 3.78. The minimum Gasteiger partial charge on any atom is -0.497 e. The zero-order valence-electron chi connectivity index (χ0n) is 12.4. The van der Waals surface area contributed by atoms with Gasteiger partial charge < -0.3 is 9.30 Å². The summed E-state index contributed by atoms with van der Waals surface area (Å²) < 4.78 is 7.49. The first-order chi connectivity index (χ1) is 10.3. The predicted molar refractivity (Wildman–Crippen MR) is 86.6 cm³/mol. The number of nitrogens with zero attached hydrogens (tertiary/aromatic N) is 1. The maximum atomic E-state index is 5.31. The van der Waals surface area contributed by atoms with Gasteiger partial charge in [-0.25, -0.2) is 0 Å². The van der Waals surface area contributed by atoms with Crippen molar-refractivity contribution < 1.29 is 4.74 Å². The average Bonchev–Trinajstić information content (AvgIpc) is 2.89. The molecule has 0 radical (unpaired) electrons. The maximum absolute atomic E-state index is 5.31. The summed E-state index contributed by atoms with van der Waals surface area (Å²) >= 11 is 0. The van der Waals surface area contributed by atoms with E-state index in [1.165, 1.54) is 22.4 Å². The molecular weight excluding hydrogens is 258 g/mol. The van der Waals surface area contributed by atoms with Gasteiger partial charge in [0.05, 0.1) is 12.8 Å². The van der Waals surface area contributed by atoms with E-state index in [4.69, 9.17) is 4.74 Å². The standard InChI is InChI=1S/C19H19NO/c1-20-12-11-17(19(20)16-8-4-3-5-9-16)13-15-7-6-10-18(14-15)21-2/h3-12,14H,13H2,1-2H3. The Bertz CT molecular complexity index is 728. The number of aromatic nitrogens is 1. The fraction of sp³-hybridized carbons (Fsp3) is 0.158. The monoisotopic (exact) mass is 277 g/mol. The highest BCUT2D eigenvalue weighted by Crippen LogP contribution is 2.27. The van der Waals surface area contributed by atoms with E-state index in [9.17, 15) is 0 Å². The minimum absolute atomic E-state index is 0.905. The van der Waals surface area contributed by atoms with Crippen LogP contribution in [0.1, 0.15) is 11.1 Å². The zero-order valence-corrected chi connectivity index (χ0v) is 12.4. The topological polar surface area (TPSA) is 14.2 Å². The molecule has 2 heteroatoms. The van der Waals surface area contributed by atoms with Gasteiger partial charge in [0.2, 0.25) is 0 Å². The number of hydrogen-bond acceptors (Lipinski definition) is 1. The summed E-state index contributed by atoms with van der Waals surface area (Å²) in [5, 5.41) is 0. The molecule has 2 nitrogen and oxygen atoms in total. The lowest BCUT2D eigenvalue weighted by atomic mass is 10.0. The van der Waals surface area contributed by atoms with Crippen molar-refractivity contribution in [2.45, 2.75) is 6.42 Å². The summed E-state index contributed by atoms with van der Waals surface area (Å²) in [6.45, 7) is 0. The lowest BCUT2D eigenvalue weighted by Crippen LogP contribution is -1.95. The molecule has 1 heterocycles. The van der Waals surface area contributed by atoms with Crippen molar-refractivity contribution in [1.29, 1.82) is 0 Å². The Morgan fingerprint density at radius 3 is 2.52 bits per heavy atom. The number of ether oxygens (including phenoxy) is 1. The molecule has 0 unspecified atom stereocenters. The van der Waals surface area contributed by atoms with Crippen LogP contribution in [0.15, 0.2) is 66.9 Å². The molecule has 0 atom stereocenters. The molecule has 0 aliphatic carbocycles. The molecule has 0 N–H and O–H groups in total. The third-order valence-electron chi connectivity index (χ3n) is 3.73. The van der Waals surface area contributed by atoms with Crippen molar-refractivity contribution in [3.05, 3.63) is 78.0 Å². The minimum atomic E-state index is 0.905. The van der Waals surface area contributed by atoms with Crippen molar-refractivity contribution in [3.8, 4) is 17.0 Å². The van der Waals surface area contributed by atoms with E-state index >= 15 is 0 Å². The largest absolute Gasteiger partial charge is 0.497 e. The van der Waals surface area contributed by atoms with E-state index < -0.39 is 0 Å². The molecule has 1 aromatic heterocycles. The lowest BCUT2D eigenvalue weighted by Gasteiger charge is -2.09. The van der Waals surface area contributed by atoms with E-state index in [2.05, 4.69) is 60.3 Å². The molecular formula is C19H19NO. The van der Waals surface area contributed by atoms with Crippen LogP contribution in [0.25, 0.3) is 11.3 Å². The molecule has 0 saturated heterocycles. The fourth-order valence-corrected chi connectivity index (χ4v) is 2.71. The molecule has 0 fully saturated rings. The molecule has 106 valence electrons. The third-order valence-corrected chi connectivity index (χ3v) is 3.73. The number of rotatable bonds is 4. The third kappa shape index (κ3) is 2.84. The molecule has 0 bridgehead atoms. The molecule has 0 aliphatic rings. The lowest BCUT2D eigenvalue weighted by molar-refractivity contribution is 0.414. The average molecular weight is 277 g/mol. The van der Waals surface area contributed by atoms with Crippen molar-refractivity contribution in [3.63, 3.8) is 0 Å². The van der Waals surface area contributed by atoms with Gasteiger partial charge in [-0.05, 0) is 41.3 Å². The van der Waals surface area contributed by atoms with Crippen molar-refractivity contribution >= 4 is 0 Å². The van der Waals surface area contributed by atoms with Crippen LogP contribution in [0.5, 0.6) is 5.75 Å². The first-order valence-electron chi connectivity index (χ1n) is 7.10. The van der Waals surface area contributed by atoms with Gasteiger partial charge in [-0.3, -0.25) is 0 Å². The Morgan fingerprint density at radius 1 is 0.952 bits per heavy atom. The summed E-state index contributed by atoms with van der Waals surface area (Å²) in [7, 11) is 3.80. The number of aryl methyl sites for hydroxylation is 1. The number of methoxy groups -OCH3 is 1. The normalized spacial score (nSPS) is 10.6. The molecule has 0 amide bonds. The predicted octanol–water partition coefficient (Wildman–Crippen LogP) is 4.29. The van der Waals surface area contributed by atoms with Crippen LogP contribution in [0.3, 0.4) is 0 Å². The maximum Gasteiger partial charge on any atom is 0.119 e. The number of hydrogen-bond donors (Lipinski definition) is 0. The van der Waals surface area contributed by atoms with Crippen LogP contribution >= 0.6 is 0 Å². The Morgan fingerprint density at radius 2 is 1.76 bits per heavy atom. The van der Waals surface area contributed by atoms with Gasteiger partial charge in [-0.2, -0.15) is 0 Å². The van der Waals surface area contributed by atoms with Gasteiger partial charge in [0, 0.05) is 13.2 Å². The highest BCUT2D eigenvalue weighted by atomic mass is 16.5. The molecule has 0 aliphatic heterocycles. The van der Waals surface area contributed by atoms with Crippen molar-refractivity contribution in [2.24, 2.45) is 7.05 Å². The summed E-state index contributed by atoms with van der Waals surface area (Å²) in [5.41, 5.74) is 5.12. The van der Waals surface area contributed by atoms with Gasteiger partial charge in [-0.15, -0.1) is 0 Å². The van der Waals surface area contributed by atoms with Crippen LogP contribution in [0, 0.1) is 0 Å². The van der Waals surface area contributed by atoms with Crippen LogP contribution in [-0.4, -0.2) is 11.7 Å².